The Kier molecular flexibility index (Phi) is 2.47. The Balaban J connectivity index is 2.90. The van der Waals surface area contributed by atoms with E-state index in [2.05, 4.69) is 4.74 Å². The fraction of sp³-hybridized carbons (Fsp3) is 0.250. The zero-order valence-electron chi connectivity index (χ0n) is 6.42. The van der Waals surface area contributed by atoms with Gasteiger partial charge in [0.05, 0.1) is 0 Å². The van der Waals surface area contributed by atoms with Crippen molar-refractivity contribution < 1.29 is 18.6 Å². The number of hydrogen-bond donors (Lipinski definition) is 1. The summed E-state index contributed by atoms with van der Waals surface area (Å²) in [5.41, 5.74) is 0.753. The summed E-state index contributed by atoms with van der Waals surface area (Å²) in [6.45, 7) is -1.18. The van der Waals surface area contributed by atoms with Gasteiger partial charge in [-0.05, 0) is 24.6 Å². The zero-order valence-corrected chi connectivity index (χ0v) is 6.42. The summed E-state index contributed by atoms with van der Waals surface area (Å²) < 4.78 is 27.4. The van der Waals surface area contributed by atoms with Crippen molar-refractivity contribution in [2.24, 2.45) is 0 Å². The number of rotatable bonds is 2. The van der Waals surface area contributed by atoms with E-state index in [0.717, 1.165) is 5.56 Å². The monoisotopic (exact) mass is 174 g/mol. The summed E-state index contributed by atoms with van der Waals surface area (Å²) in [7, 11) is 0. The van der Waals surface area contributed by atoms with Crippen LogP contribution in [0.2, 0.25) is 0 Å². The Hall–Kier alpha value is -1.32. The van der Waals surface area contributed by atoms with Crippen LogP contribution in [0.15, 0.2) is 18.2 Å². The highest BCUT2D eigenvalue weighted by Crippen LogP contribution is 2.27. The number of benzene rings is 1. The maximum absolute atomic E-state index is 11.7. The standard InChI is InChI=1S/C8H8F2O2/c1-5-2-3-6(11)7(4-5)12-8(9)10/h2-4,8,11H,1H3. The molecule has 66 valence electrons. The van der Waals surface area contributed by atoms with E-state index in [0.29, 0.717) is 0 Å². The lowest BCUT2D eigenvalue weighted by atomic mass is 10.2. The summed E-state index contributed by atoms with van der Waals surface area (Å²) in [6.07, 6.45) is 0. The van der Waals surface area contributed by atoms with Gasteiger partial charge in [-0.2, -0.15) is 8.78 Å². The summed E-state index contributed by atoms with van der Waals surface area (Å²) >= 11 is 0. The summed E-state index contributed by atoms with van der Waals surface area (Å²) in [4.78, 5) is 0. The fourth-order valence-electron chi connectivity index (χ4n) is 0.812. The molecule has 4 heteroatoms. The van der Waals surface area contributed by atoms with E-state index in [1.54, 1.807) is 13.0 Å². The van der Waals surface area contributed by atoms with E-state index in [1.165, 1.54) is 12.1 Å². The van der Waals surface area contributed by atoms with Crippen LogP contribution in [0.25, 0.3) is 0 Å². The molecule has 0 atom stereocenters. The van der Waals surface area contributed by atoms with Crippen LogP contribution in [0.4, 0.5) is 8.78 Å². The number of alkyl halides is 2. The predicted molar refractivity (Wildman–Crippen MR) is 39.5 cm³/mol. The van der Waals surface area contributed by atoms with Gasteiger partial charge in [0.15, 0.2) is 11.5 Å². The van der Waals surface area contributed by atoms with Crippen molar-refractivity contribution in [3.8, 4) is 11.5 Å². The third-order valence-electron chi connectivity index (χ3n) is 1.33. The number of halogens is 2. The molecule has 0 aliphatic carbocycles. The van der Waals surface area contributed by atoms with Crippen LogP contribution in [0.5, 0.6) is 11.5 Å². The van der Waals surface area contributed by atoms with Gasteiger partial charge in [-0.25, -0.2) is 0 Å². The fourth-order valence-corrected chi connectivity index (χ4v) is 0.812. The second kappa shape index (κ2) is 3.38. The molecule has 0 unspecified atom stereocenters. The Morgan fingerprint density at radius 1 is 1.42 bits per heavy atom. The Morgan fingerprint density at radius 2 is 2.08 bits per heavy atom. The van der Waals surface area contributed by atoms with Gasteiger partial charge in [0.25, 0.3) is 0 Å². The average molecular weight is 174 g/mol. The van der Waals surface area contributed by atoms with Gasteiger partial charge in [-0.1, -0.05) is 6.07 Å². The summed E-state index contributed by atoms with van der Waals surface area (Å²) in [6, 6.07) is 4.27. The lowest BCUT2D eigenvalue weighted by Crippen LogP contribution is -2.02. The first-order valence-electron chi connectivity index (χ1n) is 3.34. The second-order valence-corrected chi connectivity index (χ2v) is 2.35. The van der Waals surface area contributed by atoms with Crippen molar-refractivity contribution in [2.75, 3.05) is 0 Å². The quantitative estimate of drug-likeness (QED) is 0.745. The summed E-state index contributed by atoms with van der Waals surface area (Å²) in [5, 5.41) is 9.03. The van der Waals surface area contributed by atoms with E-state index in [9.17, 15) is 8.78 Å². The van der Waals surface area contributed by atoms with Crippen molar-refractivity contribution in [1.29, 1.82) is 0 Å². The molecule has 0 amide bonds. The van der Waals surface area contributed by atoms with Crippen LogP contribution in [0.1, 0.15) is 5.56 Å². The van der Waals surface area contributed by atoms with Crippen LogP contribution in [0.3, 0.4) is 0 Å². The van der Waals surface area contributed by atoms with Gasteiger partial charge >= 0.3 is 6.61 Å². The molecular formula is C8H8F2O2. The van der Waals surface area contributed by atoms with Crippen LogP contribution in [0, 0.1) is 6.92 Å². The molecule has 0 spiro atoms. The molecule has 0 aromatic heterocycles. The first-order valence-corrected chi connectivity index (χ1v) is 3.34. The van der Waals surface area contributed by atoms with Crippen molar-refractivity contribution in [3.05, 3.63) is 23.8 Å². The highest BCUT2D eigenvalue weighted by molar-refractivity contribution is 5.41. The predicted octanol–water partition coefficient (Wildman–Crippen LogP) is 2.30. The number of phenolic OH excluding ortho intramolecular Hbond substituents is 1. The van der Waals surface area contributed by atoms with Crippen LogP contribution >= 0.6 is 0 Å². The number of ether oxygens (including phenoxy) is 1. The summed E-state index contributed by atoms with van der Waals surface area (Å²) in [5.74, 6) is -0.467. The van der Waals surface area contributed by atoms with Crippen LogP contribution < -0.4 is 4.74 Å². The molecule has 1 aromatic carbocycles. The largest absolute Gasteiger partial charge is 0.504 e. The molecule has 0 saturated heterocycles. The molecular weight excluding hydrogens is 166 g/mol. The van der Waals surface area contributed by atoms with Crippen molar-refractivity contribution in [3.63, 3.8) is 0 Å². The molecule has 2 nitrogen and oxygen atoms in total. The molecule has 0 aliphatic rings. The molecule has 0 radical (unpaired) electrons. The molecule has 12 heavy (non-hydrogen) atoms. The molecule has 1 N–H and O–H groups in total. The Bertz CT molecular complexity index is 274. The van der Waals surface area contributed by atoms with Gasteiger partial charge < -0.3 is 9.84 Å². The first kappa shape index (κ1) is 8.77. The minimum atomic E-state index is -2.90. The highest BCUT2D eigenvalue weighted by atomic mass is 19.3. The Labute approximate surface area is 68.4 Å². The number of hydrogen-bond acceptors (Lipinski definition) is 2. The maximum atomic E-state index is 11.7. The van der Waals surface area contributed by atoms with Crippen LogP contribution in [-0.4, -0.2) is 11.7 Å². The van der Waals surface area contributed by atoms with Crippen molar-refractivity contribution in [1.82, 2.24) is 0 Å². The molecule has 1 aromatic rings. The minimum Gasteiger partial charge on any atom is -0.504 e. The van der Waals surface area contributed by atoms with E-state index < -0.39 is 6.61 Å². The van der Waals surface area contributed by atoms with E-state index in [4.69, 9.17) is 5.11 Å². The van der Waals surface area contributed by atoms with Gasteiger partial charge in [-0.3, -0.25) is 0 Å². The van der Waals surface area contributed by atoms with E-state index in [-0.39, 0.29) is 11.5 Å². The van der Waals surface area contributed by atoms with E-state index >= 15 is 0 Å². The molecule has 0 bridgehead atoms. The highest BCUT2D eigenvalue weighted by Gasteiger charge is 2.08. The topological polar surface area (TPSA) is 29.5 Å². The normalized spacial score (nSPS) is 10.3. The van der Waals surface area contributed by atoms with E-state index in [1.807, 2.05) is 0 Å². The lowest BCUT2D eigenvalue weighted by Gasteiger charge is -2.06. The first-order chi connectivity index (χ1) is 5.59. The molecule has 1 rings (SSSR count). The number of phenols is 1. The van der Waals surface area contributed by atoms with Gasteiger partial charge in [0, 0.05) is 0 Å². The third-order valence-corrected chi connectivity index (χ3v) is 1.33. The zero-order chi connectivity index (χ0) is 9.14. The molecule has 0 aliphatic heterocycles. The third kappa shape index (κ3) is 2.08. The lowest BCUT2D eigenvalue weighted by molar-refractivity contribution is -0.0512. The average Bonchev–Trinajstić information content (AvgIpc) is 1.96. The van der Waals surface area contributed by atoms with Gasteiger partial charge in [0.1, 0.15) is 0 Å². The second-order valence-electron chi connectivity index (χ2n) is 2.35. The molecule has 0 saturated carbocycles. The SMILES string of the molecule is Cc1ccc(O)c(OC(F)F)c1. The minimum absolute atomic E-state index is 0.190. The molecule has 0 heterocycles. The van der Waals surface area contributed by atoms with Gasteiger partial charge in [0.2, 0.25) is 0 Å². The van der Waals surface area contributed by atoms with Crippen LogP contribution in [-0.2, 0) is 0 Å². The maximum Gasteiger partial charge on any atom is 0.387 e. The smallest absolute Gasteiger partial charge is 0.387 e. The van der Waals surface area contributed by atoms with Gasteiger partial charge in [-0.15, -0.1) is 0 Å². The van der Waals surface area contributed by atoms with Crippen molar-refractivity contribution >= 4 is 0 Å². The molecule has 0 fully saturated rings. The number of aryl methyl sites for hydroxylation is 1. The Morgan fingerprint density at radius 3 is 2.67 bits per heavy atom. The van der Waals surface area contributed by atoms with Crippen molar-refractivity contribution in [2.45, 2.75) is 13.5 Å². The number of aromatic hydroxyl groups is 1.